The van der Waals surface area contributed by atoms with E-state index in [4.69, 9.17) is 0 Å². The second-order valence-electron chi connectivity index (χ2n) is 5.92. The van der Waals surface area contributed by atoms with Crippen molar-refractivity contribution in [1.29, 1.82) is 0 Å². The van der Waals surface area contributed by atoms with Gasteiger partial charge in [0.15, 0.2) is 5.65 Å². The molecule has 4 aromatic rings. The van der Waals surface area contributed by atoms with Gasteiger partial charge in [-0.2, -0.15) is 5.10 Å². The van der Waals surface area contributed by atoms with Crippen LogP contribution in [0.15, 0.2) is 55.1 Å². The summed E-state index contributed by atoms with van der Waals surface area (Å²) in [5.41, 5.74) is 2.79. The van der Waals surface area contributed by atoms with Crippen LogP contribution < -0.4 is 5.32 Å². The van der Waals surface area contributed by atoms with Gasteiger partial charge in [-0.1, -0.05) is 6.07 Å². The molecular weight excluding hydrogens is 352 g/mol. The predicted octanol–water partition coefficient (Wildman–Crippen LogP) is 3.63. The SMILES string of the molecule is Cc1cc2ncnn2cc1-c1ccc(NC(=O)c2c(F)cccc2F)nc1. The highest BCUT2D eigenvalue weighted by molar-refractivity contribution is 6.04. The summed E-state index contributed by atoms with van der Waals surface area (Å²) in [6.07, 6.45) is 4.87. The standard InChI is InChI=1S/C19H13F2N5O/c1-11-7-17-23-10-24-26(17)9-13(11)12-5-6-16(22-8-12)25-19(27)18-14(20)3-2-4-15(18)21/h2-10H,1H3,(H,22,25,27). The molecule has 1 aromatic carbocycles. The van der Waals surface area contributed by atoms with Gasteiger partial charge in [-0.05, 0) is 42.8 Å². The minimum Gasteiger partial charge on any atom is -0.306 e. The fraction of sp³-hybridized carbons (Fsp3) is 0.0526. The lowest BCUT2D eigenvalue weighted by molar-refractivity contribution is 0.101. The number of amides is 1. The van der Waals surface area contributed by atoms with Crippen molar-refractivity contribution in [3.8, 4) is 11.1 Å². The third-order valence-corrected chi connectivity index (χ3v) is 4.13. The first kappa shape index (κ1) is 16.8. The van der Waals surface area contributed by atoms with Gasteiger partial charge < -0.3 is 5.32 Å². The first-order valence-corrected chi connectivity index (χ1v) is 8.05. The van der Waals surface area contributed by atoms with Crippen LogP contribution in [0.3, 0.4) is 0 Å². The molecule has 0 aliphatic heterocycles. The molecule has 1 amide bonds. The van der Waals surface area contributed by atoms with Crippen LogP contribution in [0.1, 0.15) is 15.9 Å². The largest absolute Gasteiger partial charge is 0.306 e. The van der Waals surface area contributed by atoms with E-state index in [2.05, 4.69) is 20.4 Å². The Bertz CT molecular complexity index is 1130. The van der Waals surface area contributed by atoms with Crippen molar-refractivity contribution in [3.63, 3.8) is 0 Å². The van der Waals surface area contributed by atoms with Gasteiger partial charge in [0.2, 0.25) is 0 Å². The minimum absolute atomic E-state index is 0.186. The summed E-state index contributed by atoms with van der Waals surface area (Å²) in [6.45, 7) is 1.95. The molecule has 0 atom stereocenters. The second-order valence-corrected chi connectivity index (χ2v) is 5.92. The molecule has 0 fully saturated rings. The lowest BCUT2D eigenvalue weighted by atomic mass is 10.1. The van der Waals surface area contributed by atoms with E-state index in [1.54, 1.807) is 22.8 Å². The summed E-state index contributed by atoms with van der Waals surface area (Å²) in [6, 6.07) is 8.47. The third-order valence-electron chi connectivity index (χ3n) is 4.13. The highest BCUT2D eigenvalue weighted by Gasteiger charge is 2.17. The van der Waals surface area contributed by atoms with Gasteiger partial charge in [0.05, 0.1) is 0 Å². The van der Waals surface area contributed by atoms with Gasteiger partial charge in [0.25, 0.3) is 5.91 Å². The summed E-state index contributed by atoms with van der Waals surface area (Å²) < 4.78 is 29.1. The number of fused-ring (bicyclic) bond motifs is 1. The highest BCUT2D eigenvalue weighted by atomic mass is 19.1. The van der Waals surface area contributed by atoms with Crippen molar-refractivity contribution in [1.82, 2.24) is 19.6 Å². The van der Waals surface area contributed by atoms with E-state index in [1.807, 2.05) is 19.2 Å². The Morgan fingerprint density at radius 2 is 1.89 bits per heavy atom. The smallest absolute Gasteiger partial charge is 0.262 e. The molecule has 0 saturated heterocycles. The van der Waals surface area contributed by atoms with E-state index in [1.165, 1.54) is 12.4 Å². The second kappa shape index (κ2) is 6.56. The van der Waals surface area contributed by atoms with E-state index in [-0.39, 0.29) is 5.82 Å². The Kier molecular flexibility index (Phi) is 4.08. The van der Waals surface area contributed by atoms with E-state index in [9.17, 15) is 13.6 Å². The number of pyridine rings is 2. The minimum atomic E-state index is -0.930. The van der Waals surface area contributed by atoms with Crippen LogP contribution in [0.4, 0.5) is 14.6 Å². The Morgan fingerprint density at radius 1 is 1.11 bits per heavy atom. The number of hydrogen-bond donors (Lipinski definition) is 1. The average Bonchev–Trinajstić information content (AvgIpc) is 3.09. The molecule has 27 heavy (non-hydrogen) atoms. The molecule has 0 aliphatic rings. The monoisotopic (exact) mass is 365 g/mol. The van der Waals surface area contributed by atoms with E-state index >= 15 is 0 Å². The zero-order valence-electron chi connectivity index (χ0n) is 14.1. The summed E-state index contributed by atoms with van der Waals surface area (Å²) in [5.74, 6) is -2.57. The quantitative estimate of drug-likeness (QED) is 0.602. The lowest BCUT2D eigenvalue weighted by Crippen LogP contribution is -2.16. The summed E-state index contributed by atoms with van der Waals surface area (Å²) in [7, 11) is 0. The Labute approximate surface area is 152 Å². The maximum absolute atomic E-state index is 13.7. The fourth-order valence-corrected chi connectivity index (χ4v) is 2.78. The number of halogens is 2. The first-order valence-electron chi connectivity index (χ1n) is 8.05. The van der Waals surface area contributed by atoms with Crippen molar-refractivity contribution in [3.05, 3.63) is 77.9 Å². The molecule has 6 nitrogen and oxygen atoms in total. The topological polar surface area (TPSA) is 72.2 Å². The van der Waals surface area contributed by atoms with E-state index in [0.29, 0.717) is 0 Å². The number of hydrogen-bond acceptors (Lipinski definition) is 4. The number of carbonyl (C=O) groups excluding carboxylic acids is 1. The zero-order valence-corrected chi connectivity index (χ0v) is 14.1. The summed E-state index contributed by atoms with van der Waals surface area (Å²) in [5, 5.41) is 6.51. The van der Waals surface area contributed by atoms with E-state index in [0.717, 1.165) is 34.5 Å². The number of nitrogens with zero attached hydrogens (tertiary/aromatic N) is 4. The average molecular weight is 365 g/mol. The molecule has 0 aliphatic carbocycles. The maximum Gasteiger partial charge on any atom is 0.262 e. The van der Waals surface area contributed by atoms with Gasteiger partial charge >= 0.3 is 0 Å². The maximum atomic E-state index is 13.7. The van der Waals surface area contributed by atoms with Crippen LogP contribution in [0.25, 0.3) is 16.8 Å². The number of rotatable bonds is 3. The number of aryl methyl sites for hydroxylation is 1. The first-order chi connectivity index (χ1) is 13.0. The summed E-state index contributed by atoms with van der Waals surface area (Å²) >= 11 is 0. The van der Waals surface area contributed by atoms with E-state index < -0.39 is 23.1 Å². The Morgan fingerprint density at radius 3 is 2.59 bits per heavy atom. The highest BCUT2D eigenvalue weighted by Crippen LogP contribution is 2.24. The van der Waals surface area contributed by atoms with Crippen LogP contribution in [-0.2, 0) is 0 Å². The molecule has 0 radical (unpaired) electrons. The molecule has 4 rings (SSSR count). The van der Waals surface area contributed by atoms with Crippen molar-refractivity contribution >= 4 is 17.4 Å². The molecule has 0 bridgehead atoms. The lowest BCUT2D eigenvalue weighted by Gasteiger charge is -2.09. The van der Waals surface area contributed by atoms with Gasteiger partial charge in [-0.3, -0.25) is 4.79 Å². The molecule has 3 aromatic heterocycles. The van der Waals surface area contributed by atoms with Gasteiger partial charge in [-0.25, -0.2) is 23.3 Å². The number of nitrogens with one attached hydrogen (secondary N) is 1. The van der Waals surface area contributed by atoms with Crippen LogP contribution >= 0.6 is 0 Å². The molecule has 0 unspecified atom stereocenters. The van der Waals surface area contributed by atoms with Gasteiger partial charge in [0, 0.05) is 23.5 Å². The van der Waals surface area contributed by atoms with Crippen molar-refractivity contribution in [2.45, 2.75) is 6.92 Å². The van der Waals surface area contributed by atoms with Crippen molar-refractivity contribution in [2.75, 3.05) is 5.32 Å². The third kappa shape index (κ3) is 3.12. The molecule has 8 heteroatoms. The Hall–Kier alpha value is -3.68. The molecule has 0 spiro atoms. The molecular formula is C19H13F2N5O. The zero-order chi connectivity index (χ0) is 19.0. The van der Waals surface area contributed by atoms with Crippen LogP contribution in [0, 0.1) is 18.6 Å². The van der Waals surface area contributed by atoms with Crippen LogP contribution in [0.5, 0.6) is 0 Å². The molecule has 3 heterocycles. The molecule has 0 saturated carbocycles. The number of benzene rings is 1. The van der Waals surface area contributed by atoms with Crippen LogP contribution in [-0.4, -0.2) is 25.5 Å². The van der Waals surface area contributed by atoms with Crippen molar-refractivity contribution < 1.29 is 13.6 Å². The fourth-order valence-electron chi connectivity index (χ4n) is 2.78. The predicted molar refractivity (Wildman–Crippen MR) is 95.3 cm³/mol. The van der Waals surface area contributed by atoms with Crippen molar-refractivity contribution in [2.24, 2.45) is 0 Å². The normalized spacial score (nSPS) is 10.9. The Balaban J connectivity index is 1.60. The number of anilines is 1. The van der Waals surface area contributed by atoms with Crippen LogP contribution in [0.2, 0.25) is 0 Å². The molecule has 134 valence electrons. The number of carbonyl (C=O) groups is 1. The molecule has 1 N–H and O–H groups in total. The van der Waals surface area contributed by atoms with Gasteiger partial charge in [-0.15, -0.1) is 0 Å². The summed E-state index contributed by atoms with van der Waals surface area (Å²) in [4.78, 5) is 20.4. The van der Waals surface area contributed by atoms with Gasteiger partial charge in [0.1, 0.15) is 29.3 Å². The number of aromatic nitrogens is 4.